The highest BCUT2D eigenvalue weighted by Crippen LogP contribution is 2.27. The van der Waals surface area contributed by atoms with Gasteiger partial charge in [0, 0.05) is 18.6 Å². The molecular formula is C9H11Br2N3. The molecule has 0 aliphatic carbocycles. The van der Waals surface area contributed by atoms with Gasteiger partial charge in [0.25, 0.3) is 0 Å². The van der Waals surface area contributed by atoms with Gasteiger partial charge in [-0.25, -0.2) is 9.98 Å². The van der Waals surface area contributed by atoms with Gasteiger partial charge in [-0.3, -0.25) is 0 Å². The summed E-state index contributed by atoms with van der Waals surface area (Å²) >= 11 is 6.81. The minimum absolute atomic E-state index is 0.694. The van der Waals surface area contributed by atoms with E-state index in [0.29, 0.717) is 5.82 Å². The molecule has 0 aromatic carbocycles. The maximum Gasteiger partial charge on any atom is 0.168 e. The summed E-state index contributed by atoms with van der Waals surface area (Å²) in [5, 5.41) is 0. The molecule has 5 heteroatoms. The van der Waals surface area contributed by atoms with E-state index < -0.39 is 0 Å². The lowest BCUT2D eigenvalue weighted by Gasteiger charge is -2.04. The van der Waals surface area contributed by atoms with Crippen LogP contribution in [0.4, 0.5) is 5.82 Å². The maximum absolute atomic E-state index is 4.33. The first-order valence-electron chi connectivity index (χ1n) is 4.04. The lowest BCUT2D eigenvalue weighted by Crippen LogP contribution is -2.07. The van der Waals surface area contributed by atoms with Crippen molar-refractivity contribution >= 4 is 44.0 Å². The molecule has 14 heavy (non-hydrogen) atoms. The largest absolute Gasteiger partial charge is 0.369 e. The van der Waals surface area contributed by atoms with Gasteiger partial charge >= 0.3 is 0 Å². The second-order valence-electron chi connectivity index (χ2n) is 3.07. The quantitative estimate of drug-likeness (QED) is 0.618. The Bertz CT molecular complexity index is 361. The molecule has 0 N–H and O–H groups in total. The molecule has 1 aromatic rings. The van der Waals surface area contributed by atoms with E-state index in [-0.39, 0.29) is 0 Å². The van der Waals surface area contributed by atoms with Gasteiger partial charge < -0.3 is 4.90 Å². The second kappa shape index (κ2) is 4.89. The molecule has 0 fully saturated rings. The number of nitrogens with zero attached hydrogens (tertiary/aromatic N) is 3. The Morgan fingerprint density at radius 2 is 2.00 bits per heavy atom. The highest BCUT2D eigenvalue weighted by molar-refractivity contribution is 9.11. The predicted octanol–water partition coefficient (Wildman–Crippen LogP) is 3.14. The average molecular weight is 321 g/mol. The molecule has 0 aliphatic rings. The summed E-state index contributed by atoms with van der Waals surface area (Å²) in [6.07, 6.45) is 1.72. The maximum atomic E-state index is 4.33. The van der Waals surface area contributed by atoms with Gasteiger partial charge in [0.2, 0.25) is 0 Å². The van der Waals surface area contributed by atoms with Gasteiger partial charge in [-0.05, 0) is 44.8 Å². The highest BCUT2D eigenvalue weighted by Gasteiger charge is 2.03. The normalized spacial score (nSPS) is 10.9. The van der Waals surface area contributed by atoms with Crippen LogP contribution >= 0.6 is 31.9 Å². The molecule has 0 unspecified atom stereocenters. The van der Waals surface area contributed by atoms with Crippen molar-refractivity contribution in [3.63, 3.8) is 0 Å². The number of rotatable bonds is 2. The molecule has 0 bridgehead atoms. The van der Waals surface area contributed by atoms with Gasteiger partial charge in [0.15, 0.2) is 5.82 Å². The standard InChI is InChI=1S/C9H11Br2N3/c1-6-7(10)4-8(11)9(13-6)12-5-14(2)3/h4-5H,1-3H3/b12-5+. The van der Waals surface area contributed by atoms with Crippen LogP contribution < -0.4 is 0 Å². The minimum atomic E-state index is 0.694. The lowest BCUT2D eigenvalue weighted by molar-refractivity contribution is 0.643. The molecule has 0 amide bonds. The van der Waals surface area contributed by atoms with Crippen LogP contribution in [-0.2, 0) is 0 Å². The van der Waals surface area contributed by atoms with E-state index in [1.54, 1.807) is 6.34 Å². The average Bonchev–Trinajstić information content (AvgIpc) is 2.09. The van der Waals surface area contributed by atoms with Crippen molar-refractivity contribution in [1.82, 2.24) is 9.88 Å². The summed E-state index contributed by atoms with van der Waals surface area (Å²) in [4.78, 5) is 10.4. The summed E-state index contributed by atoms with van der Waals surface area (Å²) < 4.78 is 1.86. The van der Waals surface area contributed by atoms with Crippen LogP contribution in [0, 0.1) is 6.92 Å². The van der Waals surface area contributed by atoms with Crippen LogP contribution in [-0.4, -0.2) is 30.3 Å². The third kappa shape index (κ3) is 3.06. The molecule has 3 nitrogen and oxygen atoms in total. The zero-order chi connectivity index (χ0) is 10.7. The van der Waals surface area contributed by atoms with Gasteiger partial charge in [-0.15, -0.1) is 0 Å². The van der Waals surface area contributed by atoms with Crippen LogP contribution in [0.1, 0.15) is 5.69 Å². The predicted molar refractivity (Wildman–Crippen MR) is 66.2 cm³/mol. The third-order valence-corrected chi connectivity index (χ3v) is 2.88. The van der Waals surface area contributed by atoms with E-state index in [1.807, 2.05) is 32.0 Å². The van der Waals surface area contributed by atoms with Crippen molar-refractivity contribution < 1.29 is 0 Å². The first kappa shape index (κ1) is 11.7. The first-order chi connectivity index (χ1) is 6.50. The van der Waals surface area contributed by atoms with Crippen molar-refractivity contribution in [3.8, 4) is 0 Å². The van der Waals surface area contributed by atoms with Crippen LogP contribution in [0.2, 0.25) is 0 Å². The van der Waals surface area contributed by atoms with Crippen LogP contribution in [0.25, 0.3) is 0 Å². The number of hydrogen-bond donors (Lipinski definition) is 0. The van der Waals surface area contributed by atoms with Crippen molar-refractivity contribution in [2.24, 2.45) is 4.99 Å². The SMILES string of the molecule is Cc1nc(/N=C/N(C)C)c(Br)cc1Br. The van der Waals surface area contributed by atoms with Crippen molar-refractivity contribution in [2.45, 2.75) is 6.92 Å². The van der Waals surface area contributed by atoms with E-state index >= 15 is 0 Å². The Morgan fingerprint density at radius 1 is 1.36 bits per heavy atom. The Labute approximate surface area is 101 Å². The highest BCUT2D eigenvalue weighted by atomic mass is 79.9. The molecule has 0 spiro atoms. The number of pyridine rings is 1. The van der Waals surface area contributed by atoms with E-state index in [2.05, 4.69) is 41.8 Å². The molecule has 0 saturated carbocycles. The van der Waals surface area contributed by atoms with E-state index in [9.17, 15) is 0 Å². The Hall–Kier alpha value is -0.420. The fraction of sp³-hybridized carbons (Fsp3) is 0.333. The van der Waals surface area contributed by atoms with Crippen molar-refractivity contribution in [1.29, 1.82) is 0 Å². The molecule has 76 valence electrons. The lowest BCUT2D eigenvalue weighted by atomic mass is 10.4. The molecule has 0 atom stereocenters. The number of aliphatic imine (C=N–C) groups is 1. The van der Waals surface area contributed by atoms with Crippen LogP contribution in [0.15, 0.2) is 20.0 Å². The number of aromatic nitrogens is 1. The minimum Gasteiger partial charge on any atom is -0.369 e. The van der Waals surface area contributed by atoms with Crippen LogP contribution in [0.3, 0.4) is 0 Å². The monoisotopic (exact) mass is 319 g/mol. The molecule has 1 rings (SSSR count). The fourth-order valence-electron chi connectivity index (χ4n) is 0.807. The summed E-state index contributed by atoms with van der Waals surface area (Å²) in [5.74, 6) is 0.694. The Morgan fingerprint density at radius 3 is 2.57 bits per heavy atom. The Kier molecular flexibility index (Phi) is 4.07. The topological polar surface area (TPSA) is 28.5 Å². The Balaban J connectivity index is 3.04. The second-order valence-corrected chi connectivity index (χ2v) is 4.78. The molecule has 1 heterocycles. The first-order valence-corrected chi connectivity index (χ1v) is 5.62. The number of hydrogen-bond acceptors (Lipinski definition) is 2. The summed E-state index contributed by atoms with van der Waals surface area (Å²) in [6.45, 7) is 1.94. The smallest absolute Gasteiger partial charge is 0.168 e. The molecule has 0 saturated heterocycles. The van der Waals surface area contributed by atoms with Gasteiger partial charge in [-0.1, -0.05) is 0 Å². The fourth-order valence-corrected chi connectivity index (χ4v) is 1.85. The van der Waals surface area contributed by atoms with Gasteiger partial charge in [0.1, 0.15) is 0 Å². The summed E-state index contributed by atoms with van der Waals surface area (Å²) in [7, 11) is 3.84. The summed E-state index contributed by atoms with van der Waals surface area (Å²) in [6, 6.07) is 1.95. The van der Waals surface area contributed by atoms with Crippen molar-refractivity contribution in [3.05, 3.63) is 20.7 Å². The molecule has 1 aromatic heterocycles. The number of aryl methyl sites for hydroxylation is 1. The van der Waals surface area contributed by atoms with E-state index in [0.717, 1.165) is 14.6 Å². The van der Waals surface area contributed by atoms with Crippen molar-refractivity contribution in [2.75, 3.05) is 14.1 Å². The molecule has 0 radical (unpaired) electrons. The summed E-state index contributed by atoms with van der Waals surface area (Å²) in [5.41, 5.74) is 0.930. The van der Waals surface area contributed by atoms with E-state index in [1.165, 1.54) is 0 Å². The third-order valence-electron chi connectivity index (χ3n) is 1.50. The van der Waals surface area contributed by atoms with Gasteiger partial charge in [0.05, 0.1) is 16.5 Å². The molecular weight excluding hydrogens is 310 g/mol. The van der Waals surface area contributed by atoms with Crippen LogP contribution in [0.5, 0.6) is 0 Å². The zero-order valence-corrected chi connectivity index (χ0v) is 11.4. The zero-order valence-electron chi connectivity index (χ0n) is 8.25. The van der Waals surface area contributed by atoms with Gasteiger partial charge in [-0.2, -0.15) is 0 Å². The van der Waals surface area contributed by atoms with E-state index in [4.69, 9.17) is 0 Å². The molecule has 0 aliphatic heterocycles. The number of halogens is 2.